The molecule has 3 aromatic rings. The maximum atomic E-state index is 14.0. The zero-order valence-corrected chi connectivity index (χ0v) is 18.1. The molecule has 1 amide bonds. The summed E-state index contributed by atoms with van der Waals surface area (Å²) >= 11 is 0. The molecule has 0 aliphatic carbocycles. The molecule has 188 valence electrons. The summed E-state index contributed by atoms with van der Waals surface area (Å²) in [6, 6.07) is 0. The van der Waals surface area contributed by atoms with Gasteiger partial charge in [0.15, 0.2) is 23.3 Å². The van der Waals surface area contributed by atoms with Gasteiger partial charge in [0.25, 0.3) is 6.43 Å². The topological polar surface area (TPSA) is 108 Å². The molecule has 0 unspecified atom stereocenters. The SMILES string of the molecule is Cc1nn(Cc2c(F)c(F)c(F)c(F)c2F)c(C)c1NC(=O)Cn1nc(C(F)F)c([N+](=O)[O-])c1C. The highest BCUT2D eigenvalue weighted by Crippen LogP contribution is 2.31. The van der Waals surface area contributed by atoms with Crippen LogP contribution in [0.2, 0.25) is 0 Å². The highest BCUT2D eigenvalue weighted by molar-refractivity contribution is 5.91. The van der Waals surface area contributed by atoms with Crippen LogP contribution in [0, 0.1) is 60.0 Å². The van der Waals surface area contributed by atoms with Crippen LogP contribution in [0.4, 0.5) is 42.1 Å². The Morgan fingerprint density at radius 3 is 1.97 bits per heavy atom. The third-order valence-corrected chi connectivity index (χ3v) is 5.14. The Labute approximate surface area is 191 Å². The Hall–Kier alpha value is -3.98. The number of aromatic nitrogens is 4. The predicted octanol–water partition coefficient (Wildman–Crippen LogP) is 4.23. The van der Waals surface area contributed by atoms with Gasteiger partial charge in [0.1, 0.15) is 12.2 Å². The number of hydrogen-bond acceptors (Lipinski definition) is 5. The number of aryl methyl sites for hydroxylation is 1. The first kappa shape index (κ1) is 25.6. The van der Waals surface area contributed by atoms with Crippen molar-refractivity contribution in [1.29, 1.82) is 0 Å². The molecule has 2 aromatic heterocycles. The second kappa shape index (κ2) is 9.34. The fourth-order valence-electron chi connectivity index (χ4n) is 3.37. The van der Waals surface area contributed by atoms with Crippen LogP contribution in [-0.4, -0.2) is 30.4 Å². The first-order valence-corrected chi connectivity index (χ1v) is 9.60. The number of carbonyl (C=O) groups is 1. The summed E-state index contributed by atoms with van der Waals surface area (Å²) in [5, 5.41) is 20.8. The highest BCUT2D eigenvalue weighted by Gasteiger charge is 2.32. The summed E-state index contributed by atoms with van der Waals surface area (Å²) in [7, 11) is 0. The van der Waals surface area contributed by atoms with Crippen molar-refractivity contribution in [2.75, 3.05) is 5.32 Å². The largest absolute Gasteiger partial charge is 0.321 e. The van der Waals surface area contributed by atoms with Gasteiger partial charge in [0.05, 0.1) is 34.1 Å². The van der Waals surface area contributed by atoms with Crippen molar-refractivity contribution >= 4 is 17.3 Å². The van der Waals surface area contributed by atoms with E-state index in [0.717, 1.165) is 11.6 Å². The summed E-state index contributed by atoms with van der Waals surface area (Å²) in [6.07, 6.45) is -3.26. The Morgan fingerprint density at radius 2 is 1.49 bits per heavy atom. The smallest absolute Gasteiger partial charge is 0.319 e. The first-order chi connectivity index (χ1) is 16.3. The van der Waals surface area contributed by atoms with Crippen LogP contribution in [0.25, 0.3) is 0 Å². The Kier molecular flexibility index (Phi) is 6.84. The number of nitrogens with one attached hydrogen (secondary N) is 1. The lowest BCUT2D eigenvalue weighted by molar-refractivity contribution is -0.386. The maximum Gasteiger partial charge on any atom is 0.319 e. The van der Waals surface area contributed by atoms with Crippen LogP contribution < -0.4 is 5.32 Å². The molecule has 0 radical (unpaired) electrons. The molecule has 0 saturated heterocycles. The van der Waals surface area contributed by atoms with Crippen LogP contribution in [0.15, 0.2) is 0 Å². The zero-order valence-electron chi connectivity index (χ0n) is 18.1. The van der Waals surface area contributed by atoms with Crippen LogP contribution in [-0.2, 0) is 17.9 Å². The number of carbonyl (C=O) groups excluding carboxylic acids is 1. The van der Waals surface area contributed by atoms with Gasteiger partial charge in [-0.15, -0.1) is 0 Å². The minimum absolute atomic E-state index is 0.00673. The first-order valence-electron chi connectivity index (χ1n) is 9.60. The van der Waals surface area contributed by atoms with E-state index in [4.69, 9.17) is 0 Å². The monoisotopic (exact) mass is 508 g/mol. The fraction of sp³-hybridized carbons (Fsp3) is 0.316. The van der Waals surface area contributed by atoms with Gasteiger partial charge in [-0.25, -0.2) is 30.7 Å². The van der Waals surface area contributed by atoms with E-state index in [9.17, 15) is 45.6 Å². The Bertz CT molecular complexity index is 1320. The minimum atomic E-state index is -3.26. The van der Waals surface area contributed by atoms with Crippen molar-refractivity contribution in [3.8, 4) is 0 Å². The van der Waals surface area contributed by atoms with Crippen LogP contribution in [0.5, 0.6) is 0 Å². The van der Waals surface area contributed by atoms with Gasteiger partial charge in [0, 0.05) is 0 Å². The summed E-state index contributed by atoms with van der Waals surface area (Å²) in [4.78, 5) is 22.5. The molecule has 35 heavy (non-hydrogen) atoms. The van der Waals surface area contributed by atoms with Crippen molar-refractivity contribution in [2.24, 2.45) is 0 Å². The van der Waals surface area contributed by atoms with E-state index in [-0.39, 0.29) is 22.8 Å². The summed E-state index contributed by atoms with van der Waals surface area (Å²) in [5.74, 6) is -11.5. The second-order valence-electron chi connectivity index (χ2n) is 7.33. The number of nitrogens with zero attached hydrogens (tertiary/aromatic N) is 5. The molecule has 3 rings (SSSR count). The third kappa shape index (κ3) is 4.54. The molecule has 0 saturated carbocycles. The van der Waals surface area contributed by atoms with E-state index in [0.29, 0.717) is 4.68 Å². The normalized spacial score (nSPS) is 11.4. The van der Waals surface area contributed by atoms with E-state index in [2.05, 4.69) is 15.5 Å². The molecule has 0 atom stereocenters. The molecule has 0 aliphatic heterocycles. The molecule has 0 fully saturated rings. The van der Waals surface area contributed by atoms with Gasteiger partial charge >= 0.3 is 5.69 Å². The van der Waals surface area contributed by atoms with Gasteiger partial charge in [-0.3, -0.25) is 24.3 Å². The lowest BCUT2D eigenvalue weighted by atomic mass is 10.1. The van der Waals surface area contributed by atoms with E-state index < -0.39 is 76.4 Å². The van der Waals surface area contributed by atoms with E-state index >= 15 is 0 Å². The zero-order chi connectivity index (χ0) is 26.4. The number of alkyl halides is 2. The minimum Gasteiger partial charge on any atom is -0.321 e. The highest BCUT2D eigenvalue weighted by atomic mass is 19.3. The summed E-state index contributed by atoms with van der Waals surface area (Å²) in [5.41, 5.74) is -3.32. The number of nitro groups is 1. The van der Waals surface area contributed by atoms with E-state index in [1.54, 1.807) is 0 Å². The quantitative estimate of drug-likeness (QED) is 0.169. The Morgan fingerprint density at radius 1 is 0.943 bits per heavy atom. The van der Waals surface area contributed by atoms with Crippen molar-refractivity contribution in [3.63, 3.8) is 0 Å². The van der Waals surface area contributed by atoms with Crippen molar-refractivity contribution in [1.82, 2.24) is 19.6 Å². The van der Waals surface area contributed by atoms with Crippen molar-refractivity contribution < 1.29 is 40.5 Å². The maximum absolute atomic E-state index is 14.0. The average Bonchev–Trinajstić information content (AvgIpc) is 3.25. The van der Waals surface area contributed by atoms with E-state index in [1.807, 2.05) is 0 Å². The van der Waals surface area contributed by atoms with Gasteiger partial charge in [-0.2, -0.15) is 10.2 Å². The van der Waals surface area contributed by atoms with Crippen molar-refractivity contribution in [2.45, 2.75) is 40.3 Å². The third-order valence-electron chi connectivity index (χ3n) is 5.14. The molecule has 0 spiro atoms. The molecule has 16 heteroatoms. The number of hydrogen-bond donors (Lipinski definition) is 1. The lowest BCUT2D eigenvalue weighted by Gasteiger charge is -2.10. The molecule has 1 N–H and O–H groups in total. The summed E-state index contributed by atoms with van der Waals surface area (Å²) < 4.78 is 96.0. The molecule has 1 aromatic carbocycles. The van der Waals surface area contributed by atoms with Crippen LogP contribution in [0.3, 0.4) is 0 Å². The van der Waals surface area contributed by atoms with E-state index in [1.165, 1.54) is 13.8 Å². The standard InChI is InChI=1S/C19H15F7N6O3/c1-6-16(27-10(33)5-31-8(3)18(32(34)35)17(29-31)19(25)26)7(2)30(28-6)4-9-11(20)13(22)15(24)14(23)12(9)21/h19H,4-5H2,1-3H3,(H,27,33). The number of halogens is 7. The molecule has 0 aliphatic rings. The van der Waals surface area contributed by atoms with Gasteiger partial charge in [-0.05, 0) is 20.8 Å². The summed E-state index contributed by atoms with van der Waals surface area (Å²) in [6.45, 7) is 2.26. The van der Waals surface area contributed by atoms with Crippen LogP contribution in [0.1, 0.15) is 34.8 Å². The van der Waals surface area contributed by atoms with Gasteiger partial charge < -0.3 is 5.32 Å². The molecule has 0 bridgehead atoms. The second-order valence-corrected chi connectivity index (χ2v) is 7.33. The lowest BCUT2D eigenvalue weighted by Crippen LogP contribution is -2.21. The molecular formula is C19H15F7N6O3. The number of amides is 1. The number of benzene rings is 1. The van der Waals surface area contributed by atoms with Gasteiger partial charge in [0.2, 0.25) is 17.4 Å². The number of anilines is 1. The van der Waals surface area contributed by atoms with Crippen LogP contribution >= 0.6 is 0 Å². The average molecular weight is 508 g/mol. The number of rotatable bonds is 7. The molecule has 2 heterocycles. The van der Waals surface area contributed by atoms with Crippen molar-refractivity contribution in [3.05, 3.63) is 67.5 Å². The van der Waals surface area contributed by atoms with Gasteiger partial charge in [-0.1, -0.05) is 0 Å². The molecular weight excluding hydrogens is 493 g/mol. The Balaban J connectivity index is 1.87. The fourth-order valence-corrected chi connectivity index (χ4v) is 3.37. The predicted molar refractivity (Wildman–Crippen MR) is 104 cm³/mol. The molecule has 9 nitrogen and oxygen atoms in total.